The van der Waals surface area contributed by atoms with Crippen LogP contribution in [0.5, 0.6) is 0 Å². The molecule has 0 saturated carbocycles. The largest absolute Gasteiger partial charge is 0.384 e. The summed E-state index contributed by atoms with van der Waals surface area (Å²) in [7, 11) is 0. The van der Waals surface area contributed by atoms with Gasteiger partial charge in [0.1, 0.15) is 35.8 Å². The van der Waals surface area contributed by atoms with Crippen molar-refractivity contribution < 1.29 is 18.8 Å². The summed E-state index contributed by atoms with van der Waals surface area (Å²) < 4.78 is 16.9. The van der Waals surface area contributed by atoms with Crippen LogP contribution in [0.3, 0.4) is 0 Å². The minimum absolute atomic E-state index is 0.0437. The molecule has 3 amide bonds. The van der Waals surface area contributed by atoms with Crippen molar-refractivity contribution in [1.82, 2.24) is 40.3 Å². The standard InChI is InChI=1S/C27H30N4OS2.C26H27FN4OS2.C24H32N4OS2/c1-18(2)31-15-13-20-23(17-31)34-27(25(20)26-29-21-10-6-7-11-22(21)33-26)30-24(32)12-14-28-16-19-8-4-3-5-9-19;1-16(2)31-13-11-19-22(15-31)34-26(24(19)25-29-20-8-3-4-9-21(20)33-25)30-23(32)10-12-28-18-7-5-6-17(27)14-18;1-5-16(4)25-12-10-21(29)27-24-22(23-26-18-8-6-7-9-19(18)30-23)17-11-13-28(15(2)3)14-20(17)31-24/h3-11,18,28H,12-17H2,1-2H3,(H,30,32);3-9,14,16,28H,10-13,15H2,1-2H3,(H,30,32);6-9,15-16,25H,5,10-14H2,1-4H3,(H,27,29). The summed E-state index contributed by atoms with van der Waals surface area (Å²) in [6.45, 7) is 26.1. The van der Waals surface area contributed by atoms with E-state index in [9.17, 15) is 18.8 Å². The van der Waals surface area contributed by atoms with Gasteiger partial charge in [-0.2, -0.15) is 0 Å². The first-order valence-corrected chi connectivity index (χ1v) is 39.5. The van der Waals surface area contributed by atoms with E-state index in [-0.39, 0.29) is 30.0 Å². The molecule has 3 aliphatic heterocycles. The molecule has 9 heterocycles. The van der Waals surface area contributed by atoms with Crippen LogP contribution >= 0.6 is 68.0 Å². The van der Waals surface area contributed by atoms with Crippen LogP contribution < -0.4 is 31.9 Å². The third-order valence-corrected chi connectivity index (χ3v) is 25.0. The van der Waals surface area contributed by atoms with Gasteiger partial charge in [0.15, 0.2) is 0 Å². The molecule has 11 aromatic rings. The lowest BCUT2D eigenvalue weighted by atomic mass is 10.0. The van der Waals surface area contributed by atoms with Crippen LogP contribution in [0.25, 0.3) is 62.4 Å². The van der Waals surface area contributed by atoms with E-state index in [0.717, 1.165) is 139 Å². The normalized spacial score (nSPS) is 14.4. The van der Waals surface area contributed by atoms with E-state index in [4.69, 9.17) is 15.0 Å². The van der Waals surface area contributed by atoms with Crippen LogP contribution in [-0.4, -0.2) is 111 Å². The van der Waals surface area contributed by atoms with Gasteiger partial charge in [-0.1, -0.05) is 79.7 Å². The first kappa shape index (κ1) is 71.6. The van der Waals surface area contributed by atoms with Crippen molar-refractivity contribution in [2.75, 3.05) is 60.5 Å². The van der Waals surface area contributed by atoms with Crippen molar-refractivity contribution in [3.8, 4) is 31.7 Å². The Morgan fingerprint density at radius 2 is 0.869 bits per heavy atom. The molecule has 3 aliphatic rings. The van der Waals surface area contributed by atoms with Gasteiger partial charge >= 0.3 is 0 Å². The summed E-state index contributed by atoms with van der Waals surface area (Å²) in [6.07, 6.45) is 5.21. The van der Waals surface area contributed by atoms with Crippen molar-refractivity contribution in [3.63, 3.8) is 0 Å². The molecule has 6 N–H and O–H groups in total. The number of hydrogen-bond acceptors (Lipinski definition) is 18. The van der Waals surface area contributed by atoms with Gasteiger partial charge in [-0.05, 0) is 151 Å². The highest BCUT2D eigenvalue weighted by Crippen LogP contribution is 2.49. The molecule has 22 heteroatoms. The van der Waals surface area contributed by atoms with Crippen LogP contribution in [-0.2, 0) is 59.8 Å². The molecule has 518 valence electrons. The SMILES string of the molecule is CC(C)N1CCc2c(sc(NC(=O)CCNCc3ccccc3)c2-c2nc3ccccc3s2)C1.CC(C)N1CCc2c(sc(NC(=O)CCNc3cccc(F)c3)c2-c2nc3ccccc3s2)C1.CCC(C)NCCC(=O)Nc1sc2c(c1-c1nc3ccccc3s1)CCN(C(C)C)C2. The molecule has 6 aromatic heterocycles. The molecule has 1 atom stereocenters. The third kappa shape index (κ3) is 17.9. The van der Waals surface area contributed by atoms with Gasteiger partial charge in [0, 0.05) is 146 Å². The molecular weight excluding hydrogens is 1350 g/mol. The summed E-state index contributed by atoms with van der Waals surface area (Å²) in [5.74, 6) is -0.250. The molecule has 99 heavy (non-hydrogen) atoms. The third-order valence-electron chi connectivity index (χ3n) is 18.4. The van der Waals surface area contributed by atoms with E-state index in [1.165, 1.54) is 58.4 Å². The highest BCUT2D eigenvalue weighted by molar-refractivity contribution is 7.24. The highest BCUT2D eigenvalue weighted by Gasteiger charge is 2.32. The number of halogens is 1. The molecule has 14 rings (SSSR count). The number of benzene rings is 5. The van der Waals surface area contributed by atoms with Gasteiger partial charge in [0.2, 0.25) is 17.7 Å². The Balaban J connectivity index is 0.000000141. The second-order valence-corrected chi connectivity index (χ2v) is 32.7. The monoisotopic (exact) mass is 1440 g/mol. The molecule has 1 unspecified atom stereocenters. The average molecular weight is 1440 g/mol. The number of para-hydroxylation sites is 3. The fourth-order valence-corrected chi connectivity index (χ4v) is 19.8. The minimum atomic E-state index is -0.297. The summed E-state index contributed by atoms with van der Waals surface area (Å²) >= 11 is 10.2. The van der Waals surface area contributed by atoms with E-state index < -0.39 is 0 Å². The molecule has 0 radical (unpaired) electrons. The van der Waals surface area contributed by atoms with E-state index >= 15 is 0 Å². The number of hydrogen-bond donors (Lipinski definition) is 6. The highest BCUT2D eigenvalue weighted by atomic mass is 32.1. The van der Waals surface area contributed by atoms with E-state index in [0.29, 0.717) is 62.3 Å². The number of carbonyl (C=O) groups excluding carboxylic acids is 3. The maximum atomic E-state index is 13.4. The van der Waals surface area contributed by atoms with Gasteiger partial charge in [0.25, 0.3) is 0 Å². The van der Waals surface area contributed by atoms with Crippen molar-refractivity contribution in [1.29, 1.82) is 0 Å². The summed E-state index contributed by atoms with van der Waals surface area (Å²) in [5, 5.41) is 25.3. The number of nitrogens with one attached hydrogen (secondary N) is 6. The Morgan fingerprint density at radius 3 is 1.26 bits per heavy atom. The maximum absolute atomic E-state index is 13.4. The molecule has 0 saturated heterocycles. The number of fused-ring (bicyclic) bond motifs is 6. The van der Waals surface area contributed by atoms with Crippen LogP contribution in [0.4, 0.5) is 25.1 Å². The van der Waals surface area contributed by atoms with Gasteiger partial charge in [-0.15, -0.1) is 68.0 Å². The molecule has 5 aromatic carbocycles. The lowest BCUT2D eigenvalue weighted by Gasteiger charge is -2.30. The van der Waals surface area contributed by atoms with Crippen LogP contribution in [0.2, 0.25) is 0 Å². The zero-order valence-corrected chi connectivity index (χ0v) is 62.6. The number of rotatable bonds is 23. The first-order valence-electron chi connectivity index (χ1n) is 34.6. The number of nitrogens with zero attached hydrogens (tertiary/aromatic N) is 6. The predicted octanol–water partition coefficient (Wildman–Crippen LogP) is 17.8. The minimum Gasteiger partial charge on any atom is -0.384 e. The second-order valence-electron chi connectivity index (χ2n) is 26.3. The van der Waals surface area contributed by atoms with E-state index in [1.54, 1.807) is 80.2 Å². The fourth-order valence-electron chi connectivity index (χ4n) is 12.6. The smallest absolute Gasteiger partial charge is 0.226 e. The topological polar surface area (TPSA) is 172 Å². The average Bonchev–Trinajstić information content (AvgIpc) is 1.63. The number of amides is 3. The molecule has 0 bridgehead atoms. The zero-order valence-electron chi connectivity index (χ0n) is 57.7. The lowest BCUT2D eigenvalue weighted by molar-refractivity contribution is -0.116. The van der Waals surface area contributed by atoms with Gasteiger partial charge in [-0.25, -0.2) is 19.3 Å². The number of aromatic nitrogens is 3. The lowest BCUT2D eigenvalue weighted by Crippen LogP contribution is -2.35. The predicted molar refractivity (Wildman–Crippen MR) is 417 cm³/mol. The summed E-state index contributed by atoms with van der Waals surface area (Å²) in [6, 6.07) is 43.2. The number of thiazole rings is 3. The van der Waals surface area contributed by atoms with Crippen LogP contribution in [0, 0.1) is 5.82 Å². The number of anilines is 4. The first-order chi connectivity index (χ1) is 48.0. The maximum Gasteiger partial charge on any atom is 0.226 e. The van der Waals surface area contributed by atoms with E-state index in [1.807, 2.05) is 48.5 Å². The zero-order chi connectivity index (χ0) is 69.1. The molecule has 15 nitrogen and oxygen atoms in total. The van der Waals surface area contributed by atoms with Gasteiger partial charge in [-0.3, -0.25) is 29.1 Å². The Hall–Kier alpha value is -7.19. The quantitative estimate of drug-likeness (QED) is 0.0335. The number of carbonyl (C=O) groups is 3. The van der Waals surface area contributed by atoms with Crippen molar-refractivity contribution in [2.45, 2.75) is 151 Å². The number of thiophene rings is 3. The second kappa shape index (κ2) is 33.5. The molecule has 0 aliphatic carbocycles. The van der Waals surface area contributed by atoms with Crippen molar-refractivity contribution in [3.05, 3.63) is 170 Å². The van der Waals surface area contributed by atoms with Gasteiger partial charge in [0.05, 0.1) is 30.6 Å². The Labute approximate surface area is 604 Å². The van der Waals surface area contributed by atoms with Crippen molar-refractivity contribution in [2.24, 2.45) is 0 Å². The summed E-state index contributed by atoms with van der Waals surface area (Å²) in [5.41, 5.74) is 12.3. The van der Waals surface area contributed by atoms with E-state index in [2.05, 4.69) is 157 Å². The van der Waals surface area contributed by atoms with Gasteiger partial charge < -0.3 is 31.9 Å². The molecular formula is C77H89FN12O3S6. The Bertz CT molecular complexity index is 4470. The van der Waals surface area contributed by atoms with Crippen LogP contribution in [0.15, 0.2) is 127 Å². The fraction of sp³-hybridized carbons (Fsp3) is 0.377. The Morgan fingerprint density at radius 1 is 0.475 bits per heavy atom. The molecule has 0 fully saturated rings. The Kier molecular flexibility index (Phi) is 24.3. The van der Waals surface area contributed by atoms with Crippen LogP contribution in [0.1, 0.15) is 118 Å². The summed E-state index contributed by atoms with van der Waals surface area (Å²) in [4.78, 5) is 64.8. The van der Waals surface area contributed by atoms with Crippen molar-refractivity contribution >= 4 is 137 Å². The molecule has 0 spiro atoms.